The number of fused-ring (bicyclic) bond motifs is 1. The Kier molecular flexibility index (Phi) is 5.31. The van der Waals surface area contributed by atoms with E-state index in [9.17, 15) is 19.3 Å². The summed E-state index contributed by atoms with van der Waals surface area (Å²) >= 11 is 0. The van der Waals surface area contributed by atoms with Crippen LogP contribution in [-0.4, -0.2) is 30.1 Å². The minimum Gasteiger partial charge on any atom is -0.490 e. The van der Waals surface area contributed by atoms with Crippen molar-refractivity contribution in [1.29, 1.82) is 0 Å². The van der Waals surface area contributed by atoms with Crippen molar-refractivity contribution in [2.45, 2.75) is 25.9 Å². The van der Waals surface area contributed by atoms with Crippen LogP contribution in [0, 0.1) is 21.8 Å². The molecule has 0 aromatic heterocycles. The van der Waals surface area contributed by atoms with E-state index in [1.807, 2.05) is 0 Å². The molecule has 0 N–H and O–H groups in total. The Morgan fingerprint density at radius 2 is 2.26 bits per heavy atom. The number of esters is 1. The van der Waals surface area contributed by atoms with Gasteiger partial charge in [-0.3, -0.25) is 10.1 Å². The summed E-state index contributed by atoms with van der Waals surface area (Å²) in [6, 6.07) is 3.98. The van der Waals surface area contributed by atoms with Crippen molar-refractivity contribution in [3.63, 3.8) is 0 Å². The van der Waals surface area contributed by atoms with Gasteiger partial charge in [0.2, 0.25) is 6.54 Å². The number of hydrogen-bond acceptors (Lipinski definition) is 5. The fourth-order valence-corrected chi connectivity index (χ4v) is 2.78. The van der Waals surface area contributed by atoms with Crippen LogP contribution >= 0.6 is 0 Å². The summed E-state index contributed by atoms with van der Waals surface area (Å²) in [5.41, 5.74) is 0.443. The van der Waals surface area contributed by atoms with Crippen LogP contribution in [-0.2, 0) is 9.53 Å². The van der Waals surface area contributed by atoms with Gasteiger partial charge in [0.1, 0.15) is 17.7 Å². The number of nitro groups is 1. The zero-order chi connectivity index (χ0) is 17.0. The van der Waals surface area contributed by atoms with Crippen LogP contribution in [0.5, 0.6) is 5.75 Å². The normalized spacial score (nSPS) is 23.2. The molecule has 1 aromatic rings. The van der Waals surface area contributed by atoms with E-state index in [0.29, 0.717) is 11.3 Å². The van der Waals surface area contributed by atoms with Crippen LogP contribution in [0.2, 0.25) is 0 Å². The van der Waals surface area contributed by atoms with Crippen molar-refractivity contribution in [1.82, 2.24) is 0 Å². The van der Waals surface area contributed by atoms with E-state index in [1.54, 1.807) is 19.9 Å². The smallest absolute Gasteiger partial charge is 0.330 e. The lowest BCUT2D eigenvalue weighted by Gasteiger charge is -2.34. The van der Waals surface area contributed by atoms with Crippen LogP contribution in [0.1, 0.15) is 25.3 Å². The maximum Gasteiger partial charge on any atom is 0.330 e. The first-order valence-corrected chi connectivity index (χ1v) is 7.35. The zero-order valence-electron chi connectivity index (χ0n) is 12.9. The molecule has 0 aliphatic carbocycles. The van der Waals surface area contributed by atoms with Gasteiger partial charge in [-0.2, -0.15) is 0 Å². The molecule has 7 heteroatoms. The van der Waals surface area contributed by atoms with E-state index in [1.165, 1.54) is 24.3 Å². The van der Waals surface area contributed by atoms with Gasteiger partial charge in [0.05, 0.1) is 12.5 Å². The van der Waals surface area contributed by atoms with Crippen molar-refractivity contribution >= 4 is 5.97 Å². The number of carbonyl (C=O) groups excluding carboxylic acids is 1. The predicted octanol–water partition coefficient (Wildman–Crippen LogP) is 2.70. The second-order valence-electron chi connectivity index (χ2n) is 5.32. The second-order valence-corrected chi connectivity index (χ2v) is 5.32. The Labute approximate surface area is 133 Å². The third-order valence-electron chi connectivity index (χ3n) is 3.78. The first-order chi connectivity index (χ1) is 10.9. The first kappa shape index (κ1) is 16.9. The highest BCUT2D eigenvalue weighted by atomic mass is 19.1. The van der Waals surface area contributed by atoms with Gasteiger partial charge in [0, 0.05) is 22.5 Å². The molecule has 1 aliphatic heterocycles. The largest absolute Gasteiger partial charge is 0.490 e. The minimum absolute atomic E-state index is 0.242. The molecule has 0 bridgehead atoms. The van der Waals surface area contributed by atoms with Gasteiger partial charge in [-0.25, -0.2) is 9.18 Å². The average molecular weight is 323 g/mol. The Morgan fingerprint density at radius 1 is 1.52 bits per heavy atom. The maximum atomic E-state index is 13.5. The summed E-state index contributed by atoms with van der Waals surface area (Å²) in [5, 5.41) is 11.0. The highest BCUT2D eigenvalue weighted by Gasteiger charge is 2.38. The number of rotatable bonds is 5. The Bertz CT molecular complexity index is 631. The van der Waals surface area contributed by atoms with Crippen LogP contribution in [0.4, 0.5) is 4.39 Å². The number of ether oxygens (including phenoxy) is 2. The van der Waals surface area contributed by atoms with Crippen molar-refractivity contribution in [3.05, 3.63) is 51.8 Å². The highest BCUT2D eigenvalue weighted by molar-refractivity contribution is 5.81. The highest BCUT2D eigenvalue weighted by Crippen LogP contribution is 2.41. The molecule has 0 fully saturated rings. The lowest BCUT2D eigenvalue weighted by atomic mass is 9.80. The summed E-state index contributed by atoms with van der Waals surface area (Å²) in [6.45, 7) is 3.32. The van der Waals surface area contributed by atoms with Gasteiger partial charge in [0.25, 0.3) is 0 Å². The number of hydrogen-bond donors (Lipinski definition) is 0. The van der Waals surface area contributed by atoms with E-state index in [2.05, 4.69) is 0 Å². The molecule has 1 aromatic carbocycles. The van der Waals surface area contributed by atoms with Crippen molar-refractivity contribution in [2.75, 3.05) is 13.2 Å². The van der Waals surface area contributed by atoms with E-state index in [4.69, 9.17) is 9.47 Å². The molecule has 23 heavy (non-hydrogen) atoms. The van der Waals surface area contributed by atoms with Crippen molar-refractivity contribution < 1.29 is 23.6 Å². The average Bonchev–Trinajstić information content (AvgIpc) is 2.47. The molecule has 3 atom stereocenters. The molecule has 6 nitrogen and oxygen atoms in total. The molecule has 0 saturated heterocycles. The lowest BCUT2D eigenvalue weighted by Crippen LogP contribution is -2.36. The summed E-state index contributed by atoms with van der Waals surface area (Å²) in [6.07, 6.45) is 2.40. The minimum atomic E-state index is -0.579. The predicted molar refractivity (Wildman–Crippen MR) is 80.4 cm³/mol. The molecule has 0 unspecified atom stereocenters. The van der Waals surface area contributed by atoms with E-state index in [0.717, 1.165) is 0 Å². The molecule has 1 heterocycles. The summed E-state index contributed by atoms with van der Waals surface area (Å²) in [4.78, 5) is 22.0. The van der Waals surface area contributed by atoms with Crippen molar-refractivity contribution in [3.8, 4) is 5.75 Å². The van der Waals surface area contributed by atoms with Gasteiger partial charge in [0.15, 0.2) is 0 Å². The molecule has 124 valence electrons. The molecule has 0 radical (unpaired) electrons. The van der Waals surface area contributed by atoms with Gasteiger partial charge in [-0.1, -0.05) is 6.08 Å². The third kappa shape index (κ3) is 4.06. The summed E-state index contributed by atoms with van der Waals surface area (Å²) in [7, 11) is 0. The Hall–Kier alpha value is -2.44. The fourth-order valence-electron chi connectivity index (χ4n) is 2.78. The molecule has 0 spiro atoms. The molecule has 0 saturated carbocycles. The van der Waals surface area contributed by atoms with Crippen LogP contribution in [0.3, 0.4) is 0 Å². The standard InChI is InChI=1S/C16H18FNO5/c1-3-22-16(19)7-5-12-10(2)23-15-6-4-11(17)8-13(15)14(12)9-18(20)21/h4-8,10,12,14H,3,9H2,1-2H3/b7-5+/t10-,12-,14+/m0/s1. The van der Waals surface area contributed by atoms with Gasteiger partial charge < -0.3 is 9.47 Å². The summed E-state index contributed by atoms with van der Waals surface area (Å²) in [5.74, 6) is -1.58. The second kappa shape index (κ2) is 7.21. The van der Waals surface area contributed by atoms with Crippen molar-refractivity contribution in [2.24, 2.45) is 5.92 Å². The Balaban J connectivity index is 2.35. The third-order valence-corrected chi connectivity index (χ3v) is 3.78. The maximum absolute atomic E-state index is 13.5. The van der Waals surface area contributed by atoms with Crippen LogP contribution in [0.25, 0.3) is 0 Å². The van der Waals surface area contributed by atoms with Gasteiger partial charge in [-0.05, 0) is 32.0 Å². The molecular formula is C16H18FNO5. The fraction of sp³-hybridized carbons (Fsp3) is 0.438. The number of benzene rings is 1. The molecular weight excluding hydrogens is 305 g/mol. The van der Waals surface area contributed by atoms with E-state index < -0.39 is 28.5 Å². The number of halogens is 1. The van der Waals surface area contributed by atoms with E-state index >= 15 is 0 Å². The monoisotopic (exact) mass is 323 g/mol. The summed E-state index contributed by atoms with van der Waals surface area (Å²) < 4.78 is 24.1. The number of carbonyl (C=O) groups is 1. The van der Waals surface area contributed by atoms with E-state index in [-0.39, 0.29) is 19.3 Å². The SMILES string of the molecule is CCOC(=O)/C=C/[C@H]1[C@H](C)Oc2ccc(F)cc2[C@@H]1C[N+](=O)[O-]. The molecule has 2 rings (SSSR count). The Morgan fingerprint density at radius 3 is 2.91 bits per heavy atom. The van der Waals surface area contributed by atoms with Crippen LogP contribution < -0.4 is 4.74 Å². The first-order valence-electron chi connectivity index (χ1n) is 7.35. The zero-order valence-corrected chi connectivity index (χ0v) is 12.9. The lowest BCUT2D eigenvalue weighted by molar-refractivity contribution is -0.485. The number of nitrogens with zero attached hydrogens (tertiary/aromatic N) is 1. The molecule has 1 aliphatic rings. The van der Waals surface area contributed by atoms with Crippen LogP contribution in [0.15, 0.2) is 30.4 Å². The quantitative estimate of drug-likeness (QED) is 0.360. The topological polar surface area (TPSA) is 78.7 Å². The van der Waals surface area contributed by atoms with Gasteiger partial charge >= 0.3 is 5.97 Å². The molecule has 0 amide bonds. The van der Waals surface area contributed by atoms with Gasteiger partial charge in [-0.15, -0.1) is 0 Å².